The van der Waals surface area contributed by atoms with Crippen LogP contribution in [0.5, 0.6) is 0 Å². The average molecular weight is 461 g/mol. The molecule has 0 fully saturated rings. The second kappa shape index (κ2) is 10.4. The molecule has 1 aromatic heterocycles. The summed E-state index contributed by atoms with van der Waals surface area (Å²) in [4.78, 5) is 24.4. The van der Waals surface area contributed by atoms with E-state index in [1.54, 1.807) is 54.6 Å². The first-order valence-corrected chi connectivity index (χ1v) is 11.0. The number of fused-ring (bicyclic) bond motifs is 1. The molecule has 0 aliphatic carbocycles. The lowest BCUT2D eigenvalue weighted by atomic mass is 9.93. The molecule has 4 rings (SSSR count). The maximum atomic E-state index is 14.0. The first-order chi connectivity index (χ1) is 16.4. The number of hydrogen-bond donors (Lipinski definition) is 2. The zero-order chi connectivity index (χ0) is 24.1. The SMILES string of the molecule is O=C(O)[C@@H](CCn1nnc2ccccc2c1=O)[C@H](O)CCc1ccc(-c2ccccc2F)cc1. The van der Waals surface area contributed by atoms with Crippen molar-refractivity contribution in [1.29, 1.82) is 0 Å². The number of benzene rings is 3. The molecule has 0 unspecified atom stereocenters. The molecule has 2 N–H and O–H groups in total. The third kappa shape index (κ3) is 5.18. The Balaban J connectivity index is 1.38. The van der Waals surface area contributed by atoms with Crippen molar-refractivity contribution >= 4 is 16.9 Å². The van der Waals surface area contributed by atoms with Crippen molar-refractivity contribution in [3.8, 4) is 11.1 Å². The summed E-state index contributed by atoms with van der Waals surface area (Å²) in [6, 6.07) is 20.6. The number of carboxylic acids is 1. The van der Waals surface area contributed by atoms with Crippen LogP contribution >= 0.6 is 0 Å². The summed E-state index contributed by atoms with van der Waals surface area (Å²) in [6.07, 6.45) is -0.379. The number of carbonyl (C=O) groups is 1. The van der Waals surface area contributed by atoms with E-state index < -0.39 is 18.0 Å². The fourth-order valence-electron chi connectivity index (χ4n) is 3.97. The van der Waals surface area contributed by atoms with Crippen LogP contribution in [0, 0.1) is 11.7 Å². The van der Waals surface area contributed by atoms with E-state index in [4.69, 9.17) is 0 Å². The third-order valence-electron chi connectivity index (χ3n) is 5.93. The van der Waals surface area contributed by atoms with Crippen molar-refractivity contribution in [2.24, 2.45) is 5.92 Å². The summed E-state index contributed by atoms with van der Waals surface area (Å²) in [6.45, 7) is 0.0298. The lowest BCUT2D eigenvalue weighted by Gasteiger charge is -2.19. The van der Waals surface area contributed by atoms with Crippen LogP contribution in [0.15, 0.2) is 77.6 Å². The van der Waals surface area contributed by atoms with Gasteiger partial charge in [0, 0.05) is 12.1 Å². The average Bonchev–Trinajstić information content (AvgIpc) is 2.85. The molecule has 174 valence electrons. The molecule has 3 aromatic carbocycles. The van der Waals surface area contributed by atoms with Crippen LogP contribution < -0.4 is 5.56 Å². The number of halogens is 1. The predicted octanol–water partition coefficient (Wildman–Crippen LogP) is 3.68. The Labute approximate surface area is 195 Å². The molecule has 8 heteroatoms. The van der Waals surface area contributed by atoms with E-state index in [9.17, 15) is 24.2 Å². The van der Waals surface area contributed by atoms with E-state index >= 15 is 0 Å². The Hall–Kier alpha value is -3.91. The van der Waals surface area contributed by atoms with Crippen molar-refractivity contribution in [2.45, 2.75) is 31.9 Å². The van der Waals surface area contributed by atoms with Gasteiger partial charge < -0.3 is 10.2 Å². The molecule has 0 saturated carbocycles. The monoisotopic (exact) mass is 461 g/mol. The molecule has 1 heterocycles. The molecule has 0 amide bonds. The second-order valence-corrected chi connectivity index (χ2v) is 8.15. The van der Waals surface area contributed by atoms with E-state index in [0.717, 1.165) is 15.8 Å². The Morgan fingerprint density at radius 2 is 1.68 bits per heavy atom. The zero-order valence-corrected chi connectivity index (χ0v) is 18.3. The summed E-state index contributed by atoms with van der Waals surface area (Å²) < 4.78 is 15.1. The second-order valence-electron chi connectivity index (χ2n) is 8.15. The molecule has 7 nitrogen and oxygen atoms in total. The van der Waals surface area contributed by atoms with Crippen LogP contribution in [-0.4, -0.2) is 37.3 Å². The van der Waals surface area contributed by atoms with Gasteiger partial charge in [0.05, 0.1) is 17.4 Å². The number of aryl methyl sites for hydroxylation is 2. The highest BCUT2D eigenvalue weighted by Crippen LogP contribution is 2.24. The minimum absolute atomic E-state index is 0.0298. The Morgan fingerprint density at radius 3 is 2.41 bits per heavy atom. The van der Waals surface area contributed by atoms with Gasteiger partial charge in [-0.3, -0.25) is 9.59 Å². The molecule has 0 saturated heterocycles. The summed E-state index contributed by atoms with van der Waals surface area (Å²) >= 11 is 0. The summed E-state index contributed by atoms with van der Waals surface area (Å²) in [7, 11) is 0. The zero-order valence-electron chi connectivity index (χ0n) is 18.3. The molecule has 0 radical (unpaired) electrons. The van der Waals surface area contributed by atoms with Crippen LogP contribution in [0.3, 0.4) is 0 Å². The Kier molecular flexibility index (Phi) is 7.08. The van der Waals surface area contributed by atoms with E-state index in [1.807, 2.05) is 12.1 Å². The highest BCUT2D eigenvalue weighted by atomic mass is 19.1. The van der Waals surface area contributed by atoms with Gasteiger partial charge in [-0.15, -0.1) is 5.10 Å². The van der Waals surface area contributed by atoms with Crippen LogP contribution in [0.4, 0.5) is 4.39 Å². The lowest BCUT2D eigenvalue weighted by molar-refractivity contribution is -0.146. The van der Waals surface area contributed by atoms with E-state index in [1.165, 1.54) is 6.07 Å². The van der Waals surface area contributed by atoms with Gasteiger partial charge in [0.15, 0.2) is 0 Å². The number of aromatic nitrogens is 3. The van der Waals surface area contributed by atoms with E-state index in [2.05, 4.69) is 10.3 Å². The molecule has 2 atom stereocenters. The van der Waals surface area contributed by atoms with Gasteiger partial charge >= 0.3 is 5.97 Å². The van der Waals surface area contributed by atoms with Gasteiger partial charge in [0.25, 0.3) is 5.56 Å². The smallest absolute Gasteiger partial charge is 0.309 e. The molecule has 0 aliphatic rings. The van der Waals surface area contributed by atoms with Gasteiger partial charge in [-0.25, -0.2) is 9.07 Å². The maximum Gasteiger partial charge on any atom is 0.309 e. The first kappa shape index (κ1) is 23.3. The minimum Gasteiger partial charge on any atom is -0.481 e. The van der Waals surface area contributed by atoms with Gasteiger partial charge in [-0.1, -0.05) is 59.8 Å². The molecule has 0 spiro atoms. The quantitative estimate of drug-likeness (QED) is 0.394. The Morgan fingerprint density at radius 1 is 0.971 bits per heavy atom. The van der Waals surface area contributed by atoms with Crippen LogP contribution in [-0.2, 0) is 17.8 Å². The van der Waals surface area contributed by atoms with Crippen molar-refractivity contribution in [3.05, 3.63) is 94.5 Å². The molecule has 0 aliphatic heterocycles. The molecule has 34 heavy (non-hydrogen) atoms. The topological polar surface area (TPSA) is 105 Å². The van der Waals surface area contributed by atoms with Crippen LogP contribution in [0.1, 0.15) is 18.4 Å². The van der Waals surface area contributed by atoms with Gasteiger partial charge in [-0.05, 0) is 48.6 Å². The minimum atomic E-state index is -1.14. The van der Waals surface area contributed by atoms with Gasteiger partial charge in [0.1, 0.15) is 11.3 Å². The summed E-state index contributed by atoms with van der Waals surface area (Å²) in [5.74, 6) is -2.49. The molecular weight excluding hydrogens is 437 g/mol. The number of hydrogen-bond acceptors (Lipinski definition) is 5. The fourth-order valence-corrected chi connectivity index (χ4v) is 3.97. The van der Waals surface area contributed by atoms with E-state index in [-0.39, 0.29) is 30.8 Å². The molecule has 4 aromatic rings. The van der Waals surface area contributed by atoms with Crippen molar-refractivity contribution in [1.82, 2.24) is 15.0 Å². The summed E-state index contributed by atoms with van der Waals surface area (Å²) in [5.41, 5.74) is 2.28. The van der Waals surface area contributed by atoms with Crippen molar-refractivity contribution in [3.63, 3.8) is 0 Å². The molecule has 0 bridgehead atoms. The van der Waals surface area contributed by atoms with Gasteiger partial charge in [-0.2, -0.15) is 0 Å². The highest BCUT2D eigenvalue weighted by molar-refractivity contribution is 5.76. The van der Waals surface area contributed by atoms with Crippen molar-refractivity contribution in [2.75, 3.05) is 0 Å². The number of aliphatic carboxylic acids is 1. The third-order valence-corrected chi connectivity index (χ3v) is 5.93. The number of nitrogens with zero attached hydrogens (tertiary/aromatic N) is 3. The first-order valence-electron chi connectivity index (χ1n) is 11.0. The normalized spacial score (nSPS) is 13.0. The van der Waals surface area contributed by atoms with Crippen molar-refractivity contribution < 1.29 is 19.4 Å². The van der Waals surface area contributed by atoms with Crippen LogP contribution in [0.2, 0.25) is 0 Å². The maximum absolute atomic E-state index is 14.0. The summed E-state index contributed by atoms with van der Waals surface area (Å²) in [5, 5.41) is 28.5. The fraction of sp³-hybridized carbons (Fsp3) is 0.231. The highest BCUT2D eigenvalue weighted by Gasteiger charge is 2.26. The predicted molar refractivity (Wildman–Crippen MR) is 126 cm³/mol. The van der Waals surface area contributed by atoms with Gasteiger partial charge in [0.2, 0.25) is 0 Å². The lowest BCUT2D eigenvalue weighted by Crippen LogP contribution is -2.32. The number of aliphatic hydroxyl groups excluding tert-OH is 1. The molecular formula is C26H24FN3O4. The Bertz CT molecular complexity index is 1350. The number of carboxylic acid groups (broad SMARTS) is 1. The number of aliphatic hydroxyl groups is 1. The van der Waals surface area contributed by atoms with Crippen LogP contribution in [0.25, 0.3) is 22.0 Å². The largest absolute Gasteiger partial charge is 0.481 e. The van der Waals surface area contributed by atoms with E-state index in [0.29, 0.717) is 22.9 Å². The number of rotatable bonds is 9. The standard InChI is InChI=1S/C26H24FN3O4/c27-22-7-3-1-5-19(22)18-12-9-17(10-13-18)11-14-24(31)21(26(33)34)15-16-30-25(32)20-6-2-4-8-23(20)28-29-30/h1-10,12-13,21,24,31H,11,14-16H2,(H,33,34)/t21-,24+/m0/s1.